The van der Waals surface area contributed by atoms with Gasteiger partial charge in [-0.3, -0.25) is 4.79 Å². The molecule has 3 aromatic rings. The number of nitrogens with zero attached hydrogens (tertiary/aromatic N) is 2. The monoisotopic (exact) mass is 446 g/mol. The van der Waals surface area contributed by atoms with E-state index in [4.69, 9.17) is 9.47 Å². The first-order valence-corrected chi connectivity index (χ1v) is 12.1. The van der Waals surface area contributed by atoms with Crippen LogP contribution in [0.3, 0.4) is 0 Å². The van der Waals surface area contributed by atoms with Gasteiger partial charge in [-0.2, -0.15) is 4.99 Å². The first-order chi connectivity index (χ1) is 14.3. The summed E-state index contributed by atoms with van der Waals surface area (Å²) in [6.45, 7) is 2.92. The Morgan fingerprint density at radius 3 is 2.50 bits per heavy atom. The van der Waals surface area contributed by atoms with Crippen molar-refractivity contribution >= 4 is 37.3 Å². The predicted molar refractivity (Wildman–Crippen MR) is 115 cm³/mol. The van der Waals surface area contributed by atoms with Gasteiger partial charge in [0.25, 0.3) is 0 Å². The molecule has 2 heterocycles. The first-order valence-electron chi connectivity index (χ1n) is 9.60. The third kappa shape index (κ3) is 4.27. The lowest BCUT2D eigenvalue weighted by atomic mass is 10.2. The molecular weight excluding hydrogens is 424 g/mol. The SMILES string of the molecule is Cc1ccc(S(=O)(=O)CCCC(=O)N=c2sc3cc4c(cc3n2C)OCCO4)cc1. The van der Waals surface area contributed by atoms with Gasteiger partial charge in [0.2, 0.25) is 5.91 Å². The van der Waals surface area contributed by atoms with Crippen LogP contribution in [0.5, 0.6) is 11.5 Å². The summed E-state index contributed by atoms with van der Waals surface area (Å²) in [6.07, 6.45) is 0.297. The van der Waals surface area contributed by atoms with E-state index in [1.807, 2.05) is 30.7 Å². The van der Waals surface area contributed by atoms with E-state index in [1.165, 1.54) is 11.3 Å². The lowest BCUT2D eigenvalue weighted by Crippen LogP contribution is -2.16. The number of carbonyl (C=O) groups excluding carboxylic acids is 1. The zero-order chi connectivity index (χ0) is 21.3. The molecule has 30 heavy (non-hydrogen) atoms. The van der Waals surface area contributed by atoms with E-state index in [2.05, 4.69) is 4.99 Å². The van der Waals surface area contributed by atoms with Crippen LogP contribution in [0.25, 0.3) is 10.2 Å². The topological polar surface area (TPSA) is 87.0 Å². The molecule has 1 aromatic heterocycles. The molecule has 1 amide bonds. The summed E-state index contributed by atoms with van der Waals surface area (Å²) >= 11 is 1.38. The van der Waals surface area contributed by atoms with Crippen molar-refractivity contribution in [3.05, 3.63) is 46.8 Å². The largest absolute Gasteiger partial charge is 0.486 e. The van der Waals surface area contributed by atoms with Crippen molar-refractivity contribution in [2.24, 2.45) is 12.0 Å². The van der Waals surface area contributed by atoms with Crippen molar-refractivity contribution in [3.8, 4) is 11.5 Å². The highest BCUT2D eigenvalue weighted by atomic mass is 32.2. The fourth-order valence-corrected chi connectivity index (χ4v) is 5.57. The minimum absolute atomic E-state index is 0.0715. The van der Waals surface area contributed by atoms with Crippen molar-refractivity contribution in [1.29, 1.82) is 0 Å². The Morgan fingerprint density at radius 2 is 1.80 bits per heavy atom. The van der Waals surface area contributed by atoms with Crippen LogP contribution in [0.4, 0.5) is 0 Å². The fourth-order valence-electron chi connectivity index (χ4n) is 3.21. The highest BCUT2D eigenvalue weighted by Gasteiger charge is 2.17. The maximum Gasteiger partial charge on any atom is 0.248 e. The molecule has 1 aliphatic heterocycles. The molecule has 158 valence electrons. The standard InChI is InChI=1S/C21H22N2O5S2/c1-14-5-7-15(8-6-14)30(25,26)11-3-4-20(24)22-21-23(2)16-12-17-18(13-19(16)29-21)28-10-9-27-17/h5-8,12-13H,3-4,9-11H2,1-2H3. The molecule has 0 spiro atoms. The second-order valence-corrected chi connectivity index (χ2v) is 10.3. The van der Waals surface area contributed by atoms with Gasteiger partial charge >= 0.3 is 0 Å². The van der Waals surface area contributed by atoms with Crippen LogP contribution < -0.4 is 14.3 Å². The number of benzene rings is 2. The number of sulfone groups is 1. The summed E-state index contributed by atoms with van der Waals surface area (Å²) in [5.74, 6) is 0.946. The number of rotatable bonds is 5. The van der Waals surface area contributed by atoms with Gasteiger partial charge in [0.1, 0.15) is 13.2 Å². The normalized spacial score (nSPS) is 14.3. The van der Waals surface area contributed by atoms with Crippen LogP contribution >= 0.6 is 11.3 Å². The third-order valence-corrected chi connectivity index (χ3v) is 7.79. The van der Waals surface area contributed by atoms with Gasteiger partial charge in [0, 0.05) is 25.6 Å². The number of thiazole rings is 1. The Kier molecular flexibility index (Phi) is 5.66. The van der Waals surface area contributed by atoms with Crippen LogP contribution in [0, 0.1) is 6.92 Å². The second kappa shape index (κ2) is 8.23. The van der Waals surface area contributed by atoms with Gasteiger partial charge in [-0.1, -0.05) is 29.0 Å². The molecule has 0 bridgehead atoms. The minimum Gasteiger partial charge on any atom is -0.486 e. The maximum absolute atomic E-state index is 12.4. The summed E-state index contributed by atoms with van der Waals surface area (Å²) in [4.78, 5) is 17.4. The average molecular weight is 447 g/mol. The highest BCUT2D eigenvalue weighted by molar-refractivity contribution is 7.91. The maximum atomic E-state index is 12.4. The number of amides is 1. The third-order valence-electron chi connectivity index (χ3n) is 4.88. The highest BCUT2D eigenvalue weighted by Crippen LogP contribution is 2.35. The Labute approximate surface area is 178 Å². The minimum atomic E-state index is -3.41. The zero-order valence-corrected chi connectivity index (χ0v) is 18.4. The summed E-state index contributed by atoms with van der Waals surface area (Å²) < 4.78 is 38.8. The Bertz CT molecular complexity index is 1270. The molecule has 1 aliphatic rings. The van der Waals surface area contributed by atoms with Crippen LogP contribution in [0.1, 0.15) is 18.4 Å². The van der Waals surface area contributed by atoms with E-state index < -0.39 is 9.84 Å². The van der Waals surface area contributed by atoms with Crippen molar-refractivity contribution < 1.29 is 22.7 Å². The number of carbonyl (C=O) groups is 1. The predicted octanol–water partition coefficient (Wildman–Crippen LogP) is 3.00. The van der Waals surface area contributed by atoms with E-state index >= 15 is 0 Å². The fraction of sp³-hybridized carbons (Fsp3) is 0.333. The molecule has 0 aliphatic carbocycles. The van der Waals surface area contributed by atoms with E-state index in [-0.39, 0.29) is 29.4 Å². The number of aryl methyl sites for hydroxylation is 2. The molecule has 0 radical (unpaired) electrons. The Morgan fingerprint density at radius 1 is 1.13 bits per heavy atom. The van der Waals surface area contributed by atoms with Crippen molar-refractivity contribution in [1.82, 2.24) is 4.57 Å². The Balaban J connectivity index is 1.47. The van der Waals surface area contributed by atoms with Crippen molar-refractivity contribution in [3.63, 3.8) is 0 Å². The van der Waals surface area contributed by atoms with Crippen LogP contribution in [-0.4, -0.2) is 37.9 Å². The van der Waals surface area contributed by atoms with E-state index in [0.717, 1.165) is 15.8 Å². The summed E-state index contributed by atoms with van der Waals surface area (Å²) in [7, 11) is -1.57. The number of hydrogen-bond donors (Lipinski definition) is 0. The molecule has 7 nitrogen and oxygen atoms in total. The molecule has 0 saturated carbocycles. The van der Waals surface area contributed by atoms with E-state index in [1.54, 1.807) is 24.3 Å². The first kappa shape index (κ1) is 20.6. The summed E-state index contributed by atoms with van der Waals surface area (Å²) in [5, 5.41) is 0. The second-order valence-electron chi connectivity index (χ2n) is 7.15. The lowest BCUT2D eigenvalue weighted by Gasteiger charge is -2.18. The summed E-state index contributed by atoms with van der Waals surface area (Å²) in [5.41, 5.74) is 1.90. The van der Waals surface area contributed by atoms with Gasteiger partial charge in [0.05, 0.1) is 20.9 Å². The van der Waals surface area contributed by atoms with Crippen molar-refractivity contribution in [2.45, 2.75) is 24.7 Å². The van der Waals surface area contributed by atoms with E-state index in [0.29, 0.717) is 29.5 Å². The molecule has 0 N–H and O–H groups in total. The molecule has 0 fully saturated rings. The number of fused-ring (bicyclic) bond motifs is 2. The molecule has 0 saturated heterocycles. The Hall–Kier alpha value is -2.65. The van der Waals surface area contributed by atoms with Gasteiger partial charge < -0.3 is 14.0 Å². The molecule has 9 heteroatoms. The number of hydrogen-bond acceptors (Lipinski definition) is 6. The molecular formula is C21H22N2O5S2. The van der Waals surface area contributed by atoms with E-state index in [9.17, 15) is 13.2 Å². The van der Waals surface area contributed by atoms with Crippen LogP contribution in [0.2, 0.25) is 0 Å². The summed E-state index contributed by atoms with van der Waals surface area (Å²) in [6, 6.07) is 10.5. The van der Waals surface area contributed by atoms with Crippen molar-refractivity contribution in [2.75, 3.05) is 19.0 Å². The molecule has 0 unspecified atom stereocenters. The quantitative estimate of drug-likeness (QED) is 0.601. The van der Waals surface area contributed by atoms with Gasteiger partial charge in [-0.15, -0.1) is 0 Å². The lowest BCUT2D eigenvalue weighted by molar-refractivity contribution is -0.118. The van der Waals surface area contributed by atoms with Gasteiger partial charge in [0.15, 0.2) is 26.1 Å². The molecule has 0 atom stereocenters. The average Bonchev–Trinajstić information content (AvgIpc) is 3.01. The van der Waals surface area contributed by atoms with Crippen LogP contribution in [0.15, 0.2) is 46.3 Å². The molecule has 2 aromatic carbocycles. The van der Waals surface area contributed by atoms with Crippen LogP contribution in [-0.2, 0) is 21.7 Å². The van der Waals surface area contributed by atoms with Gasteiger partial charge in [-0.25, -0.2) is 8.42 Å². The zero-order valence-electron chi connectivity index (χ0n) is 16.8. The smallest absolute Gasteiger partial charge is 0.248 e. The number of ether oxygens (including phenoxy) is 2. The number of aromatic nitrogens is 1. The van der Waals surface area contributed by atoms with Gasteiger partial charge in [-0.05, 0) is 25.5 Å². The molecule has 4 rings (SSSR count).